The average molecular weight is 310 g/mol. The molecule has 0 fully saturated rings. The summed E-state index contributed by atoms with van der Waals surface area (Å²) in [6.07, 6.45) is 2.99. The summed E-state index contributed by atoms with van der Waals surface area (Å²) in [5.41, 5.74) is -0.553. The van der Waals surface area contributed by atoms with E-state index in [-0.39, 0.29) is 11.3 Å². The van der Waals surface area contributed by atoms with Crippen LogP contribution in [-0.4, -0.2) is 23.2 Å². The molecule has 7 heteroatoms. The van der Waals surface area contributed by atoms with Crippen LogP contribution in [0.3, 0.4) is 0 Å². The number of benzene rings is 1. The Morgan fingerprint density at radius 2 is 2.14 bits per heavy atom. The lowest BCUT2D eigenvalue weighted by Crippen LogP contribution is -2.32. The first-order chi connectivity index (χ1) is 10.2. The van der Waals surface area contributed by atoms with Gasteiger partial charge >= 0.3 is 6.09 Å². The lowest BCUT2D eigenvalue weighted by Gasteiger charge is -2.19. The molecule has 0 saturated heterocycles. The van der Waals surface area contributed by atoms with Crippen LogP contribution in [0.15, 0.2) is 24.3 Å². The molecule has 1 rings (SSSR count). The second-order valence-electron chi connectivity index (χ2n) is 5.58. The first kappa shape index (κ1) is 17.6. The molecule has 0 spiro atoms. The van der Waals surface area contributed by atoms with E-state index in [0.29, 0.717) is 13.0 Å². The molecule has 22 heavy (non-hydrogen) atoms. The predicted octanol–water partition coefficient (Wildman–Crippen LogP) is 3.66. The molecule has 120 valence electrons. The maximum absolute atomic E-state index is 13.1. The van der Waals surface area contributed by atoms with Crippen LogP contribution in [0.25, 0.3) is 6.08 Å². The van der Waals surface area contributed by atoms with Gasteiger partial charge in [-0.2, -0.15) is 0 Å². The van der Waals surface area contributed by atoms with Crippen molar-refractivity contribution >= 4 is 17.9 Å². The van der Waals surface area contributed by atoms with Gasteiger partial charge in [-0.3, -0.25) is 10.1 Å². The topological polar surface area (TPSA) is 81.5 Å². The van der Waals surface area contributed by atoms with Crippen molar-refractivity contribution in [1.82, 2.24) is 5.32 Å². The van der Waals surface area contributed by atoms with E-state index in [1.807, 2.05) is 0 Å². The van der Waals surface area contributed by atoms with Gasteiger partial charge in [0.2, 0.25) is 0 Å². The fourth-order valence-corrected chi connectivity index (χ4v) is 1.61. The second-order valence-corrected chi connectivity index (χ2v) is 5.58. The molecular weight excluding hydrogens is 291 g/mol. The maximum Gasteiger partial charge on any atom is 0.407 e. The van der Waals surface area contributed by atoms with E-state index in [0.717, 1.165) is 18.2 Å². The number of carbonyl (C=O) groups excluding carboxylic acids is 1. The first-order valence-electron chi connectivity index (χ1n) is 6.76. The number of carbonyl (C=O) groups is 1. The van der Waals surface area contributed by atoms with Crippen molar-refractivity contribution in [2.24, 2.45) is 0 Å². The van der Waals surface area contributed by atoms with Gasteiger partial charge < -0.3 is 10.1 Å². The summed E-state index contributed by atoms with van der Waals surface area (Å²) in [4.78, 5) is 21.6. The maximum atomic E-state index is 13.1. The minimum absolute atomic E-state index is 0.169. The summed E-state index contributed by atoms with van der Waals surface area (Å²) in [5.74, 6) is -0.544. The van der Waals surface area contributed by atoms with Crippen molar-refractivity contribution in [2.45, 2.75) is 32.8 Å². The molecule has 0 unspecified atom stereocenters. The van der Waals surface area contributed by atoms with Gasteiger partial charge in [0.05, 0.1) is 10.5 Å². The molecule has 1 N–H and O–H groups in total. The number of halogens is 1. The Balaban J connectivity index is 2.52. The van der Waals surface area contributed by atoms with Crippen LogP contribution in [0.4, 0.5) is 14.9 Å². The number of hydrogen-bond acceptors (Lipinski definition) is 4. The highest BCUT2D eigenvalue weighted by Crippen LogP contribution is 2.20. The molecule has 1 aromatic carbocycles. The van der Waals surface area contributed by atoms with Crippen molar-refractivity contribution in [2.75, 3.05) is 6.54 Å². The molecule has 0 radical (unpaired) electrons. The zero-order chi connectivity index (χ0) is 16.8. The Bertz CT molecular complexity index is 579. The fraction of sp³-hybridized carbons (Fsp3) is 0.400. The lowest BCUT2D eigenvalue weighted by molar-refractivity contribution is -0.385. The Labute approximate surface area is 128 Å². The third kappa shape index (κ3) is 6.34. The number of hydrogen-bond donors (Lipinski definition) is 1. The van der Waals surface area contributed by atoms with Crippen LogP contribution in [0.2, 0.25) is 0 Å². The second kappa shape index (κ2) is 7.53. The van der Waals surface area contributed by atoms with Crippen LogP contribution in [0.1, 0.15) is 32.8 Å². The number of alkyl carbamates (subject to hydrolysis) is 1. The molecule has 0 aliphatic heterocycles. The van der Waals surface area contributed by atoms with Crippen LogP contribution in [0.5, 0.6) is 0 Å². The smallest absolute Gasteiger partial charge is 0.407 e. The minimum atomic E-state index is -0.571. The van der Waals surface area contributed by atoms with E-state index in [9.17, 15) is 19.3 Å². The van der Waals surface area contributed by atoms with E-state index in [1.165, 1.54) is 6.08 Å². The highest BCUT2D eigenvalue weighted by atomic mass is 19.1. The highest BCUT2D eigenvalue weighted by Gasteiger charge is 2.15. The summed E-state index contributed by atoms with van der Waals surface area (Å²) < 4.78 is 18.2. The van der Waals surface area contributed by atoms with Crippen molar-refractivity contribution in [3.05, 3.63) is 45.8 Å². The van der Waals surface area contributed by atoms with E-state index >= 15 is 0 Å². The van der Waals surface area contributed by atoms with E-state index < -0.39 is 22.4 Å². The van der Waals surface area contributed by atoms with Gasteiger partial charge in [-0.1, -0.05) is 12.2 Å². The molecule has 0 aromatic heterocycles. The first-order valence-corrected chi connectivity index (χ1v) is 6.76. The Morgan fingerprint density at radius 1 is 1.45 bits per heavy atom. The molecule has 0 bridgehead atoms. The summed E-state index contributed by atoms with van der Waals surface area (Å²) in [6.45, 7) is 5.59. The Morgan fingerprint density at radius 3 is 2.73 bits per heavy atom. The number of amides is 1. The summed E-state index contributed by atoms with van der Waals surface area (Å²) in [7, 11) is 0. The van der Waals surface area contributed by atoms with Gasteiger partial charge in [-0.25, -0.2) is 9.18 Å². The number of nitro benzene ring substituents is 1. The van der Waals surface area contributed by atoms with Gasteiger partial charge in [-0.05, 0) is 39.3 Å². The average Bonchev–Trinajstić information content (AvgIpc) is 2.35. The van der Waals surface area contributed by atoms with E-state index in [4.69, 9.17) is 4.74 Å². The van der Waals surface area contributed by atoms with Gasteiger partial charge in [0, 0.05) is 12.6 Å². The standard InChI is InChI=1S/C15H19FN2O4/c1-15(2,3)22-14(19)17-9-5-4-6-11-10-12(16)7-8-13(11)18(20)21/h4,6-8,10H,5,9H2,1-3H3,(H,17,19). The lowest BCUT2D eigenvalue weighted by atomic mass is 10.1. The molecular formula is C15H19FN2O4. The van der Waals surface area contributed by atoms with Crippen molar-refractivity contribution in [3.8, 4) is 0 Å². The Hall–Kier alpha value is -2.44. The van der Waals surface area contributed by atoms with Crippen LogP contribution in [-0.2, 0) is 4.74 Å². The molecule has 0 aliphatic carbocycles. The van der Waals surface area contributed by atoms with E-state index in [1.54, 1.807) is 26.8 Å². The molecule has 0 heterocycles. The SMILES string of the molecule is CC(C)(C)OC(=O)NCCC=Cc1cc(F)ccc1[N+](=O)[O-]. The fourth-order valence-electron chi connectivity index (χ4n) is 1.61. The van der Waals surface area contributed by atoms with Gasteiger partial charge in [-0.15, -0.1) is 0 Å². The van der Waals surface area contributed by atoms with Crippen LogP contribution in [0, 0.1) is 15.9 Å². The van der Waals surface area contributed by atoms with Crippen molar-refractivity contribution in [1.29, 1.82) is 0 Å². The van der Waals surface area contributed by atoms with Gasteiger partial charge in [0.1, 0.15) is 11.4 Å². The highest BCUT2D eigenvalue weighted by molar-refractivity contribution is 5.67. The number of nitrogens with one attached hydrogen (secondary N) is 1. The molecule has 0 atom stereocenters. The summed E-state index contributed by atoms with van der Waals surface area (Å²) >= 11 is 0. The van der Waals surface area contributed by atoms with Crippen molar-refractivity contribution < 1.29 is 18.8 Å². The zero-order valence-electron chi connectivity index (χ0n) is 12.8. The third-order valence-electron chi connectivity index (χ3n) is 2.46. The summed E-state index contributed by atoms with van der Waals surface area (Å²) in [5, 5.41) is 13.4. The molecule has 1 amide bonds. The monoisotopic (exact) mass is 310 g/mol. The van der Waals surface area contributed by atoms with Crippen LogP contribution < -0.4 is 5.32 Å². The quantitative estimate of drug-likeness (QED) is 0.511. The molecule has 6 nitrogen and oxygen atoms in total. The van der Waals surface area contributed by atoms with Crippen molar-refractivity contribution in [3.63, 3.8) is 0 Å². The third-order valence-corrected chi connectivity index (χ3v) is 2.46. The van der Waals surface area contributed by atoms with Gasteiger partial charge in [0.15, 0.2) is 0 Å². The molecule has 0 saturated carbocycles. The number of nitrogens with zero attached hydrogens (tertiary/aromatic N) is 1. The minimum Gasteiger partial charge on any atom is -0.444 e. The summed E-state index contributed by atoms with van der Waals surface area (Å²) in [6, 6.07) is 3.25. The number of ether oxygens (including phenoxy) is 1. The predicted molar refractivity (Wildman–Crippen MR) is 80.9 cm³/mol. The molecule has 1 aromatic rings. The van der Waals surface area contributed by atoms with Crippen LogP contribution >= 0.6 is 0 Å². The molecule has 0 aliphatic rings. The number of nitro groups is 1. The van der Waals surface area contributed by atoms with Gasteiger partial charge in [0.25, 0.3) is 5.69 Å². The largest absolute Gasteiger partial charge is 0.444 e. The van der Waals surface area contributed by atoms with E-state index in [2.05, 4.69) is 5.32 Å². The Kier molecular flexibility index (Phi) is 6.03. The zero-order valence-corrected chi connectivity index (χ0v) is 12.8. The number of rotatable bonds is 5. The normalized spacial score (nSPS) is 11.5.